The molecule has 3 aromatic carbocycles. The predicted octanol–water partition coefficient (Wildman–Crippen LogP) is 5.59. The number of aliphatic hydroxyl groups excluding tert-OH is 1. The molecule has 180 valence electrons. The maximum absolute atomic E-state index is 15.0. The number of amides is 1. The normalized spacial score (nSPS) is 17.2. The molecule has 0 radical (unpaired) electrons. The maximum atomic E-state index is 15.0. The van der Waals surface area contributed by atoms with Crippen LogP contribution in [0.3, 0.4) is 0 Å². The lowest BCUT2D eigenvalue weighted by molar-refractivity contribution is -0.132. The molecular weight excluding hydrogens is 449 g/mol. The van der Waals surface area contributed by atoms with Gasteiger partial charge in [0.25, 0.3) is 11.7 Å². The van der Waals surface area contributed by atoms with E-state index in [4.69, 9.17) is 9.47 Å². The van der Waals surface area contributed by atoms with Crippen molar-refractivity contribution in [3.8, 4) is 11.5 Å². The van der Waals surface area contributed by atoms with Crippen LogP contribution in [0.25, 0.3) is 5.76 Å². The SMILES string of the molecule is COc1ccc(N2C(=O)C(=O)/C(=C(/O)c3ccc(OC)c(C(C)C)c3)C2c2ccccc2F)cc1. The third-order valence-corrected chi connectivity index (χ3v) is 6.12. The number of carbonyl (C=O) groups excluding carboxylic acids is 2. The zero-order chi connectivity index (χ0) is 25.3. The molecule has 1 N–H and O–H groups in total. The van der Waals surface area contributed by atoms with Crippen LogP contribution in [0.2, 0.25) is 0 Å². The van der Waals surface area contributed by atoms with E-state index >= 15 is 4.39 Å². The Kier molecular flexibility index (Phi) is 6.60. The molecule has 35 heavy (non-hydrogen) atoms. The average molecular weight is 476 g/mol. The Balaban J connectivity index is 1.95. The van der Waals surface area contributed by atoms with Crippen molar-refractivity contribution in [1.29, 1.82) is 0 Å². The summed E-state index contributed by atoms with van der Waals surface area (Å²) in [5, 5.41) is 11.3. The summed E-state index contributed by atoms with van der Waals surface area (Å²) < 4.78 is 25.6. The Bertz CT molecular complexity index is 1310. The molecule has 0 saturated carbocycles. The highest BCUT2D eigenvalue weighted by Gasteiger charge is 2.47. The first-order valence-electron chi connectivity index (χ1n) is 11.2. The van der Waals surface area contributed by atoms with E-state index in [9.17, 15) is 14.7 Å². The maximum Gasteiger partial charge on any atom is 0.300 e. The van der Waals surface area contributed by atoms with Crippen LogP contribution in [0, 0.1) is 5.82 Å². The van der Waals surface area contributed by atoms with Gasteiger partial charge in [0.1, 0.15) is 23.1 Å². The largest absolute Gasteiger partial charge is 0.507 e. The summed E-state index contributed by atoms with van der Waals surface area (Å²) in [6.45, 7) is 3.95. The first-order chi connectivity index (χ1) is 16.8. The van der Waals surface area contributed by atoms with Crippen molar-refractivity contribution in [2.75, 3.05) is 19.1 Å². The molecule has 1 aliphatic heterocycles. The lowest BCUT2D eigenvalue weighted by Crippen LogP contribution is -2.29. The monoisotopic (exact) mass is 475 g/mol. The number of ketones is 1. The van der Waals surface area contributed by atoms with E-state index < -0.39 is 23.5 Å². The summed E-state index contributed by atoms with van der Waals surface area (Å²) in [5.41, 5.74) is 1.45. The number of Topliss-reactive ketones (excluding diaryl/α,β-unsaturated/α-hetero) is 1. The molecule has 7 heteroatoms. The predicted molar refractivity (Wildman–Crippen MR) is 131 cm³/mol. The number of nitrogens with zero attached hydrogens (tertiary/aromatic N) is 1. The van der Waals surface area contributed by atoms with Gasteiger partial charge in [-0.05, 0) is 60.0 Å². The zero-order valence-corrected chi connectivity index (χ0v) is 19.9. The lowest BCUT2D eigenvalue weighted by atomic mass is 9.93. The van der Waals surface area contributed by atoms with Crippen molar-refractivity contribution in [3.63, 3.8) is 0 Å². The fourth-order valence-corrected chi connectivity index (χ4v) is 4.32. The van der Waals surface area contributed by atoms with Crippen molar-refractivity contribution in [3.05, 3.63) is 94.8 Å². The molecular formula is C28H26FNO5. The van der Waals surface area contributed by atoms with Gasteiger partial charge in [0.15, 0.2) is 0 Å². The number of carbonyl (C=O) groups is 2. The number of anilines is 1. The quantitative estimate of drug-likeness (QED) is 0.286. The number of halogens is 1. The van der Waals surface area contributed by atoms with Crippen LogP contribution in [-0.2, 0) is 9.59 Å². The van der Waals surface area contributed by atoms with Crippen LogP contribution in [-0.4, -0.2) is 31.0 Å². The molecule has 6 nitrogen and oxygen atoms in total. The number of hydrogen-bond acceptors (Lipinski definition) is 5. The van der Waals surface area contributed by atoms with E-state index in [1.54, 1.807) is 55.6 Å². The van der Waals surface area contributed by atoms with Crippen LogP contribution in [0.4, 0.5) is 10.1 Å². The van der Waals surface area contributed by atoms with Crippen LogP contribution in [0.15, 0.2) is 72.3 Å². The standard InChI is InChI=1S/C28H26FNO5/c1-16(2)21-15-17(9-14-23(21)35-4)26(31)24-25(20-7-5-6-8-22(20)29)30(28(33)27(24)32)18-10-12-19(34-3)13-11-18/h5-16,25,31H,1-4H3/b26-24+. The minimum absolute atomic E-state index is 0.0711. The first kappa shape index (κ1) is 24.0. The summed E-state index contributed by atoms with van der Waals surface area (Å²) in [6.07, 6.45) is 0. The van der Waals surface area contributed by atoms with E-state index in [1.807, 2.05) is 13.8 Å². The molecule has 1 unspecified atom stereocenters. The Hall–Kier alpha value is -4.13. The minimum Gasteiger partial charge on any atom is -0.507 e. The lowest BCUT2D eigenvalue weighted by Gasteiger charge is -2.26. The second-order valence-corrected chi connectivity index (χ2v) is 8.50. The number of methoxy groups -OCH3 is 2. The molecule has 1 aliphatic rings. The molecule has 1 saturated heterocycles. The molecule has 0 spiro atoms. The second-order valence-electron chi connectivity index (χ2n) is 8.50. The minimum atomic E-state index is -1.16. The van der Waals surface area contributed by atoms with Gasteiger partial charge in [0, 0.05) is 16.8 Å². The van der Waals surface area contributed by atoms with E-state index in [2.05, 4.69) is 0 Å². The highest BCUT2D eigenvalue weighted by Crippen LogP contribution is 2.43. The van der Waals surface area contributed by atoms with Gasteiger partial charge in [-0.1, -0.05) is 32.0 Å². The molecule has 0 bridgehead atoms. The molecule has 0 aromatic heterocycles. The smallest absolute Gasteiger partial charge is 0.300 e. The van der Waals surface area contributed by atoms with Gasteiger partial charge in [0.2, 0.25) is 0 Å². The highest BCUT2D eigenvalue weighted by molar-refractivity contribution is 6.51. The van der Waals surface area contributed by atoms with Gasteiger partial charge < -0.3 is 14.6 Å². The van der Waals surface area contributed by atoms with E-state index in [1.165, 1.54) is 30.2 Å². The van der Waals surface area contributed by atoms with Gasteiger partial charge >= 0.3 is 0 Å². The number of aliphatic hydroxyl groups is 1. The third kappa shape index (κ3) is 4.25. The van der Waals surface area contributed by atoms with Crippen molar-refractivity contribution in [2.24, 2.45) is 0 Å². The van der Waals surface area contributed by atoms with Gasteiger partial charge in [0.05, 0.1) is 25.8 Å². The number of ether oxygens (including phenoxy) is 2. The van der Waals surface area contributed by atoms with Gasteiger partial charge in [-0.25, -0.2) is 4.39 Å². The van der Waals surface area contributed by atoms with Crippen molar-refractivity contribution in [2.45, 2.75) is 25.8 Å². The van der Waals surface area contributed by atoms with Crippen LogP contribution < -0.4 is 14.4 Å². The molecule has 1 atom stereocenters. The fraction of sp³-hybridized carbons (Fsp3) is 0.214. The Morgan fingerprint density at radius 1 is 0.971 bits per heavy atom. The molecule has 1 fully saturated rings. The van der Waals surface area contributed by atoms with Crippen molar-refractivity contribution in [1.82, 2.24) is 0 Å². The van der Waals surface area contributed by atoms with E-state index in [0.29, 0.717) is 22.7 Å². The van der Waals surface area contributed by atoms with Gasteiger partial charge in [-0.3, -0.25) is 14.5 Å². The van der Waals surface area contributed by atoms with E-state index in [-0.39, 0.29) is 22.8 Å². The second kappa shape index (κ2) is 9.62. The Labute approximate surface area is 203 Å². The molecule has 1 amide bonds. The highest BCUT2D eigenvalue weighted by atomic mass is 19.1. The molecule has 0 aliphatic carbocycles. The average Bonchev–Trinajstić information content (AvgIpc) is 3.13. The topological polar surface area (TPSA) is 76.1 Å². The third-order valence-electron chi connectivity index (χ3n) is 6.12. The molecule has 1 heterocycles. The summed E-state index contributed by atoms with van der Waals surface area (Å²) in [6, 6.07) is 16.3. The van der Waals surface area contributed by atoms with E-state index in [0.717, 1.165) is 5.56 Å². The summed E-state index contributed by atoms with van der Waals surface area (Å²) in [7, 11) is 3.07. The van der Waals surface area contributed by atoms with Crippen LogP contribution in [0.5, 0.6) is 11.5 Å². The van der Waals surface area contributed by atoms with Crippen LogP contribution in [0.1, 0.15) is 42.5 Å². The Morgan fingerprint density at radius 3 is 2.26 bits per heavy atom. The fourth-order valence-electron chi connectivity index (χ4n) is 4.32. The number of benzene rings is 3. The Morgan fingerprint density at radius 2 is 1.66 bits per heavy atom. The summed E-state index contributed by atoms with van der Waals surface area (Å²) >= 11 is 0. The van der Waals surface area contributed by atoms with Crippen LogP contribution >= 0.6 is 0 Å². The van der Waals surface area contributed by atoms with Gasteiger partial charge in [-0.2, -0.15) is 0 Å². The number of hydrogen-bond donors (Lipinski definition) is 1. The van der Waals surface area contributed by atoms with Crippen molar-refractivity contribution >= 4 is 23.1 Å². The van der Waals surface area contributed by atoms with Crippen molar-refractivity contribution < 1.29 is 28.6 Å². The summed E-state index contributed by atoms with van der Waals surface area (Å²) in [4.78, 5) is 27.7. The molecule has 4 rings (SSSR count). The number of rotatable bonds is 6. The summed E-state index contributed by atoms with van der Waals surface area (Å²) in [5.74, 6) is -1.45. The van der Waals surface area contributed by atoms with Gasteiger partial charge in [-0.15, -0.1) is 0 Å². The zero-order valence-electron chi connectivity index (χ0n) is 19.9. The molecule has 3 aromatic rings. The first-order valence-corrected chi connectivity index (χ1v) is 11.2.